The van der Waals surface area contributed by atoms with Crippen LogP contribution in [0.3, 0.4) is 0 Å². The van der Waals surface area contributed by atoms with E-state index < -0.39 is 0 Å². The Balaban J connectivity index is 1.88. The average molecular weight is 340 g/mol. The molecule has 1 aromatic carbocycles. The van der Waals surface area contributed by atoms with E-state index in [0.29, 0.717) is 5.02 Å². The molecular formula is C16H15ClFNS2. The Morgan fingerprint density at radius 3 is 2.81 bits per heavy atom. The molecular weight excluding hydrogens is 325 g/mol. The summed E-state index contributed by atoms with van der Waals surface area (Å²) >= 11 is 9.73. The molecule has 0 aliphatic rings. The molecule has 2 heterocycles. The van der Waals surface area contributed by atoms with Gasteiger partial charge in [-0.15, -0.1) is 22.7 Å². The van der Waals surface area contributed by atoms with E-state index in [1.807, 2.05) is 11.3 Å². The van der Waals surface area contributed by atoms with Gasteiger partial charge in [-0.2, -0.15) is 0 Å². The van der Waals surface area contributed by atoms with Crippen LogP contribution >= 0.6 is 34.3 Å². The number of fused-ring (bicyclic) bond motifs is 1. The van der Waals surface area contributed by atoms with Crippen LogP contribution in [0.15, 0.2) is 35.7 Å². The minimum absolute atomic E-state index is 0.211. The SMILES string of the molecule is CCNC(Cc1ccc(F)cc1Cl)c1cc2sccc2s1. The third-order valence-electron chi connectivity index (χ3n) is 3.39. The van der Waals surface area contributed by atoms with Crippen LogP contribution in [0.2, 0.25) is 5.02 Å². The second-order valence-electron chi connectivity index (χ2n) is 4.85. The van der Waals surface area contributed by atoms with Crippen molar-refractivity contribution in [2.24, 2.45) is 0 Å². The van der Waals surface area contributed by atoms with E-state index in [9.17, 15) is 4.39 Å². The first-order chi connectivity index (χ1) is 10.2. The predicted octanol–water partition coefficient (Wildman–Crippen LogP) is 5.65. The second kappa shape index (κ2) is 6.44. The van der Waals surface area contributed by atoms with Crippen LogP contribution in [0, 0.1) is 5.82 Å². The molecule has 0 amide bonds. The number of thiophene rings is 2. The molecule has 1 unspecified atom stereocenters. The van der Waals surface area contributed by atoms with Gasteiger partial charge in [0, 0.05) is 25.3 Å². The molecule has 5 heteroatoms. The third-order valence-corrected chi connectivity index (χ3v) is 5.95. The maximum absolute atomic E-state index is 13.2. The van der Waals surface area contributed by atoms with Crippen molar-refractivity contribution in [1.29, 1.82) is 0 Å². The number of likely N-dealkylation sites (N-methyl/N-ethyl adjacent to an activating group) is 1. The lowest BCUT2D eigenvalue weighted by atomic mass is 10.0. The van der Waals surface area contributed by atoms with Crippen molar-refractivity contribution in [3.05, 3.63) is 57.0 Å². The predicted molar refractivity (Wildman–Crippen MR) is 91.2 cm³/mol. The molecule has 21 heavy (non-hydrogen) atoms. The fourth-order valence-corrected chi connectivity index (χ4v) is 4.82. The van der Waals surface area contributed by atoms with Gasteiger partial charge in [0.15, 0.2) is 0 Å². The van der Waals surface area contributed by atoms with Gasteiger partial charge in [0.05, 0.1) is 0 Å². The molecule has 0 radical (unpaired) electrons. The van der Waals surface area contributed by atoms with Crippen molar-refractivity contribution in [2.45, 2.75) is 19.4 Å². The molecule has 0 fully saturated rings. The van der Waals surface area contributed by atoms with Crippen molar-refractivity contribution in [2.75, 3.05) is 6.54 Å². The van der Waals surface area contributed by atoms with E-state index in [1.54, 1.807) is 17.4 Å². The molecule has 110 valence electrons. The topological polar surface area (TPSA) is 12.0 Å². The summed E-state index contributed by atoms with van der Waals surface area (Å²) in [5.74, 6) is -0.291. The van der Waals surface area contributed by atoms with Crippen LogP contribution in [0.4, 0.5) is 4.39 Å². The number of nitrogens with one attached hydrogen (secondary N) is 1. The Kier molecular flexibility index (Phi) is 4.60. The summed E-state index contributed by atoms with van der Waals surface area (Å²) in [5.41, 5.74) is 0.973. The zero-order valence-electron chi connectivity index (χ0n) is 11.5. The fraction of sp³-hybridized carbons (Fsp3) is 0.250. The van der Waals surface area contributed by atoms with Crippen LogP contribution in [0.25, 0.3) is 9.40 Å². The van der Waals surface area contributed by atoms with Crippen molar-refractivity contribution in [3.8, 4) is 0 Å². The van der Waals surface area contributed by atoms with Gasteiger partial charge < -0.3 is 5.32 Å². The summed E-state index contributed by atoms with van der Waals surface area (Å²) in [7, 11) is 0. The first-order valence-corrected chi connectivity index (χ1v) is 8.89. The lowest BCUT2D eigenvalue weighted by Gasteiger charge is -2.17. The van der Waals surface area contributed by atoms with Crippen LogP contribution in [0.5, 0.6) is 0 Å². The van der Waals surface area contributed by atoms with E-state index in [-0.39, 0.29) is 11.9 Å². The van der Waals surface area contributed by atoms with Gasteiger partial charge in [-0.3, -0.25) is 0 Å². The van der Waals surface area contributed by atoms with E-state index in [2.05, 4.69) is 29.8 Å². The quantitative estimate of drug-likeness (QED) is 0.633. The fourth-order valence-electron chi connectivity index (χ4n) is 2.38. The lowest BCUT2D eigenvalue weighted by Crippen LogP contribution is -2.22. The Hall–Kier alpha value is -0.940. The first-order valence-electron chi connectivity index (χ1n) is 6.81. The number of benzene rings is 1. The smallest absolute Gasteiger partial charge is 0.124 e. The van der Waals surface area contributed by atoms with E-state index in [0.717, 1.165) is 18.5 Å². The Morgan fingerprint density at radius 2 is 2.10 bits per heavy atom. The van der Waals surface area contributed by atoms with Gasteiger partial charge in [-0.25, -0.2) is 4.39 Å². The van der Waals surface area contributed by atoms with Gasteiger partial charge in [0.25, 0.3) is 0 Å². The zero-order chi connectivity index (χ0) is 14.8. The molecule has 3 rings (SSSR count). The monoisotopic (exact) mass is 339 g/mol. The maximum atomic E-state index is 13.2. The van der Waals surface area contributed by atoms with Gasteiger partial charge in [-0.1, -0.05) is 24.6 Å². The van der Waals surface area contributed by atoms with Crippen molar-refractivity contribution >= 4 is 43.7 Å². The highest BCUT2D eigenvalue weighted by Gasteiger charge is 2.16. The molecule has 1 nitrogen and oxygen atoms in total. The van der Waals surface area contributed by atoms with Crippen molar-refractivity contribution in [1.82, 2.24) is 5.32 Å². The minimum atomic E-state index is -0.291. The third kappa shape index (κ3) is 3.29. The summed E-state index contributed by atoms with van der Waals surface area (Å²) in [5, 5.41) is 6.11. The molecule has 0 aliphatic heterocycles. The maximum Gasteiger partial charge on any atom is 0.124 e. The highest BCUT2D eigenvalue weighted by molar-refractivity contribution is 7.26. The standard InChI is InChI=1S/C16H15ClFNS2/c1-2-19-13(7-10-3-4-11(18)8-12(10)17)15-9-16-14(21-15)5-6-20-16/h3-6,8-9,13,19H,2,7H2,1H3. The number of hydrogen-bond donors (Lipinski definition) is 1. The van der Waals surface area contributed by atoms with Gasteiger partial charge >= 0.3 is 0 Å². The van der Waals surface area contributed by atoms with Crippen molar-refractivity contribution in [3.63, 3.8) is 0 Å². The van der Waals surface area contributed by atoms with Crippen LogP contribution in [-0.2, 0) is 6.42 Å². The average Bonchev–Trinajstić information content (AvgIpc) is 3.02. The zero-order valence-corrected chi connectivity index (χ0v) is 13.9. The van der Waals surface area contributed by atoms with Crippen LogP contribution in [0.1, 0.15) is 23.4 Å². The van der Waals surface area contributed by atoms with Gasteiger partial charge in [-0.05, 0) is 48.2 Å². The largest absolute Gasteiger partial charge is 0.309 e. The minimum Gasteiger partial charge on any atom is -0.309 e. The Labute approximate surface area is 136 Å². The molecule has 0 saturated carbocycles. The first kappa shape index (κ1) is 15.0. The molecule has 0 spiro atoms. The van der Waals surface area contributed by atoms with E-state index in [4.69, 9.17) is 11.6 Å². The molecule has 0 bridgehead atoms. The molecule has 1 N–H and O–H groups in total. The Morgan fingerprint density at radius 1 is 1.24 bits per heavy atom. The van der Waals surface area contributed by atoms with E-state index in [1.165, 1.54) is 26.4 Å². The Bertz CT molecular complexity index is 721. The molecule has 3 aromatic rings. The molecule has 0 aliphatic carbocycles. The number of rotatable bonds is 5. The second-order valence-corrected chi connectivity index (χ2v) is 7.32. The highest BCUT2D eigenvalue weighted by Crippen LogP contribution is 2.35. The lowest BCUT2D eigenvalue weighted by molar-refractivity contribution is 0.557. The van der Waals surface area contributed by atoms with Crippen LogP contribution < -0.4 is 5.32 Å². The summed E-state index contributed by atoms with van der Waals surface area (Å²) in [6.45, 7) is 2.98. The summed E-state index contributed by atoms with van der Waals surface area (Å²) in [6, 6.07) is 9.24. The van der Waals surface area contributed by atoms with Crippen LogP contribution in [-0.4, -0.2) is 6.54 Å². The summed E-state index contributed by atoms with van der Waals surface area (Å²) < 4.78 is 15.8. The summed E-state index contributed by atoms with van der Waals surface area (Å²) in [6.07, 6.45) is 0.765. The molecule has 0 saturated heterocycles. The van der Waals surface area contributed by atoms with Gasteiger partial charge in [0.2, 0.25) is 0 Å². The van der Waals surface area contributed by atoms with Crippen molar-refractivity contribution < 1.29 is 4.39 Å². The van der Waals surface area contributed by atoms with E-state index >= 15 is 0 Å². The molecule has 2 aromatic heterocycles. The summed E-state index contributed by atoms with van der Waals surface area (Å²) in [4.78, 5) is 1.30. The normalized spacial score (nSPS) is 12.9. The number of hydrogen-bond acceptors (Lipinski definition) is 3. The highest BCUT2D eigenvalue weighted by atomic mass is 35.5. The molecule has 1 atom stereocenters. The number of halogens is 2. The van der Waals surface area contributed by atoms with Gasteiger partial charge in [0.1, 0.15) is 5.82 Å².